The first kappa shape index (κ1) is 17.2. The summed E-state index contributed by atoms with van der Waals surface area (Å²) in [6, 6.07) is 5.69. The second-order valence-electron chi connectivity index (χ2n) is 6.08. The Morgan fingerprint density at radius 2 is 2.20 bits per heavy atom. The molecule has 0 aliphatic rings. The number of benzene rings is 1. The maximum absolute atomic E-state index is 11.2. The average Bonchev–Trinajstić information content (AvgIpc) is 3.22. The first-order valence-corrected chi connectivity index (χ1v) is 8.71. The third-order valence-electron chi connectivity index (χ3n) is 3.54. The van der Waals surface area contributed by atoms with Crippen LogP contribution in [0.25, 0.3) is 16.3 Å². The molecule has 0 bridgehead atoms. The van der Waals surface area contributed by atoms with Gasteiger partial charge in [0.1, 0.15) is 10.8 Å². The summed E-state index contributed by atoms with van der Waals surface area (Å²) in [5, 5.41) is 11.8. The van der Waals surface area contributed by atoms with Crippen molar-refractivity contribution in [3.8, 4) is 22.0 Å². The number of thiazole rings is 1. The van der Waals surface area contributed by atoms with Crippen molar-refractivity contribution in [2.45, 2.75) is 20.8 Å². The van der Waals surface area contributed by atoms with E-state index in [1.807, 2.05) is 29.0 Å². The number of rotatable bonds is 6. The van der Waals surface area contributed by atoms with Crippen molar-refractivity contribution in [1.82, 2.24) is 14.5 Å². The van der Waals surface area contributed by atoms with Crippen LogP contribution in [-0.4, -0.2) is 27.1 Å². The van der Waals surface area contributed by atoms with Crippen LogP contribution in [0, 0.1) is 12.8 Å². The van der Waals surface area contributed by atoms with Crippen LogP contribution in [0.3, 0.4) is 0 Å². The minimum atomic E-state index is -1.20. The van der Waals surface area contributed by atoms with Gasteiger partial charge in [0.25, 0.3) is 0 Å². The van der Waals surface area contributed by atoms with Gasteiger partial charge in [-0.2, -0.15) is 0 Å². The number of nitrogens with zero attached hydrogens (tertiary/aromatic N) is 3. The van der Waals surface area contributed by atoms with Crippen LogP contribution in [-0.2, 0) is 0 Å². The summed E-state index contributed by atoms with van der Waals surface area (Å²) in [5.41, 5.74) is 2.11. The number of carbonyl (C=O) groups excluding carboxylic acids is 1. The second kappa shape index (κ2) is 7.06. The highest BCUT2D eigenvalue weighted by Crippen LogP contribution is 2.33. The SMILES string of the molecule is Cc1nc(-c2ccc(OCC(C)C)c(-n3ccnc3)c2)sc1C(=O)[O-]. The topological polar surface area (TPSA) is 80.1 Å². The molecule has 3 rings (SSSR count). The van der Waals surface area contributed by atoms with Crippen LogP contribution in [0.15, 0.2) is 36.9 Å². The molecule has 0 fully saturated rings. The van der Waals surface area contributed by atoms with Gasteiger partial charge >= 0.3 is 0 Å². The number of aryl methyl sites for hydroxylation is 1. The van der Waals surface area contributed by atoms with E-state index in [0.717, 1.165) is 28.3 Å². The number of ether oxygens (including phenoxy) is 1. The molecule has 0 aliphatic carbocycles. The number of hydrogen-bond acceptors (Lipinski definition) is 6. The maximum atomic E-state index is 11.2. The summed E-state index contributed by atoms with van der Waals surface area (Å²) < 4.78 is 7.77. The molecule has 0 radical (unpaired) electrons. The summed E-state index contributed by atoms with van der Waals surface area (Å²) in [6.07, 6.45) is 5.22. The van der Waals surface area contributed by atoms with Crippen LogP contribution >= 0.6 is 11.3 Å². The first-order chi connectivity index (χ1) is 12.0. The van der Waals surface area contributed by atoms with E-state index in [4.69, 9.17) is 4.74 Å². The maximum Gasteiger partial charge on any atom is 0.143 e. The molecular weight excluding hydrogens is 338 g/mol. The third kappa shape index (κ3) is 3.71. The molecule has 2 aromatic heterocycles. The lowest BCUT2D eigenvalue weighted by Crippen LogP contribution is -2.21. The summed E-state index contributed by atoms with van der Waals surface area (Å²) in [5.74, 6) is -0.0561. The number of aromatic nitrogens is 3. The number of carboxylic acids is 1. The highest BCUT2D eigenvalue weighted by molar-refractivity contribution is 7.17. The van der Waals surface area contributed by atoms with E-state index >= 15 is 0 Å². The Morgan fingerprint density at radius 1 is 1.40 bits per heavy atom. The molecular formula is C18H18N3O3S-. The smallest absolute Gasteiger partial charge is 0.143 e. The highest BCUT2D eigenvalue weighted by atomic mass is 32.1. The molecule has 130 valence electrons. The molecule has 2 heterocycles. The fourth-order valence-corrected chi connectivity index (χ4v) is 3.24. The van der Waals surface area contributed by atoms with E-state index in [9.17, 15) is 9.90 Å². The van der Waals surface area contributed by atoms with Crippen molar-refractivity contribution in [3.63, 3.8) is 0 Å². The molecule has 0 atom stereocenters. The van der Waals surface area contributed by atoms with Crippen molar-refractivity contribution >= 4 is 17.3 Å². The Morgan fingerprint density at radius 3 is 2.80 bits per heavy atom. The van der Waals surface area contributed by atoms with Crippen LogP contribution in [0.2, 0.25) is 0 Å². The summed E-state index contributed by atoms with van der Waals surface area (Å²) in [7, 11) is 0. The van der Waals surface area contributed by atoms with Crippen molar-refractivity contribution < 1.29 is 14.6 Å². The number of carboxylic acid groups (broad SMARTS) is 1. The Kier molecular flexibility index (Phi) is 4.85. The quantitative estimate of drug-likeness (QED) is 0.678. The van der Waals surface area contributed by atoms with Gasteiger partial charge in [-0.3, -0.25) is 0 Å². The Balaban J connectivity index is 2.03. The van der Waals surface area contributed by atoms with Crippen LogP contribution in [0.5, 0.6) is 5.75 Å². The Hall–Kier alpha value is -2.67. The van der Waals surface area contributed by atoms with Crippen molar-refractivity contribution in [2.75, 3.05) is 6.61 Å². The lowest BCUT2D eigenvalue weighted by Gasteiger charge is -2.14. The van der Waals surface area contributed by atoms with Gasteiger partial charge in [0.15, 0.2) is 0 Å². The zero-order valence-corrected chi connectivity index (χ0v) is 15.0. The van der Waals surface area contributed by atoms with E-state index in [-0.39, 0.29) is 4.88 Å². The van der Waals surface area contributed by atoms with Crippen molar-refractivity contribution in [2.24, 2.45) is 5.92 Å². The van der Waals surface area contributed by atoms with Crippen LogP contribution in [0.4, 0.5) is 0 Å². The lowest BCUT2D eigenvalue weighted by molar-refractivity contribution is -0.254. The molecule has 0 spiro atoms. The molecule has 25 heavy (non-hydrogen) atoms. The van der Waals surface area contributed by atoms with Crippen LogP contribution in [0.1, 0.15) is 29.2 Å². The molecule has 0 saturated carbocycles. The summed E-state index contributed by atoms with van der Waals surface area (Å²) in [6.45, 7) is 6.45. The monoisotopic (exact) mass is 356 g/mol. The number of imidazole rings is 1. The molecule has 1 aromatic carbocycles. The van der Waals surface area contributed by atoms with E-state index in [0.29, 0.717) is 23.2 Å². The van der Waals surface area contributed by atoms with Crippen LogP contribution < -0.4 is 9.84 Å². The van der Waals surface area contributed by atoms with Gasteiger partial charge in [-0.1, -0.05) is 13.8 Å². The molecule has 0 amide bonds. The Bertz CT molecular complexity index is 885. The standard InChI is InChI=1S/C18H19N3O3S/c1-11(2)9-24-15-5-4-13(8-14(15)21-7-6-19-10-21)17-20-12(3)16(25-17)18(22)23/h4-8,10-11H,9H2,1-3H3,(H,22,23)/p-1. The average molecular weight is 356 g/mol. The van der Waals surface area contributed by atoms with Gasteiger partial charge in [0.2, 0.25) is 0 Å². The second-order valence-corrected chi connectivity index (χ2v) is 7.08. The lowest BCUT2D eigenvalue weighted by atomic mass is 10.2. The predicted octanol–water partition coefficient (Wildman–Crippen LogP) is 2.70. The van der Waals surface area contributed by atoms with E-state index in [2.05, 4.69) is 23.8 Å². The molecule has 6 nitrogen and oxygen atoms in total. The van der Waals surface area contributed by atoms with E-state index in [1.165, 1.54) is 0 Å². The number of aromatic carboxylic acids is 1. The highest BCUT2D eigenvalue weighted by Gasteiger charge is 2.14. The summed E-state index contributed by atoms with van der Waals surface area (Å²) >= 11 is 1.11. The molecule has 0 saturated heterocycles. The van der Waals surface area contributed by atoms with Crippen molar-refractivity contribution in [1.29, 1.82) is 0 Å². The zero-order valence-electron chi connectivity index (χ0n) is 14.2. The van der Waals surface area contributed by atoms with Gasteiger partial charge < -0.3 is 19.2 Å². The van der Waals surface area contributed by atoms with Gasteiger partial charge in [0, 0.05) is 18.0 Å². The molecule has 0 aliphatic heterocycles. The number of hydrogen-bond donors (Lipinski definition) is 0. The largest absolute Gasteiger partial charge is 0.544 e. The van der Waals surface area contributed by atoms with Crippen molar-refractivity contribution in [3.05, 3.63) is 47.5 Å². The third-order valence-corrected chi connectivity index (χ3v) is 4.73. The van der Waals surface area contributed by atoms with E-state index < -0.39 is 5.97 Å². The Labute approximate surface area is 149 Å². The number of carbonyl (C=O) groups is 1. The molecule has 0 N–H and O–H groups in total. The normalized spacial score (nSPS) is 11.0. The van der Waals surface area contributed by atoms with E-state index in [1.54, 1.807) is 19.4 Å². The molecule has 3 aromatic rings. The summed E-state index contributed by atoms with van der Waals surface area (Å²) in [4.78, 5) is 19.7. The molecule has 0 unspecified atom stereocenters. The van der Waals surface area contributed by atoms with Gasteiger partial charge in [-0.25, -0.2) is 9.97 Å². The minimum absolute atomic E-state index is 0.152. The molecule has 7 heteroatoms. The predicted molar refractivity (Wildman–Crippen MR) is 94.1 cm³/mol. The zero-order chi connectivity index (χ0) is 18.0. The fraction of sp³-hybridized carbons (Fsp3) is 0.278. The van der Waals surface area contributed by atoms with Gasteiger partial charge in [-0.15, -0.1) is 11.3 Å². The van der Waals surface area contributed by atoms with Gasteiger partial charge in [-0.05, 0) is 31.0 Å². The van der Waals surface area contributed by atoms with Gasteiger partial charge in [0.05, 0.1) is 35.2 Å². The fourth-order valence-electron chi connectivity index (χ4n) is 2.34. The minimum Gasteiger partial charge on any atom is -0.544 e. The first-order valence-electron chi connectivity index (χ1n) is 7.90.